The summed E-state index contributed by atoms with van der Waals surface area (Å²) in [4.78, 5) is 10.4. The van der Waals surface area contributed by atoms with Crippen LogP contribution in [0.4, 0.5) is 0 Å². The summed E-state index contributed by atoms with van der Waals surface area (Å²) >= 11 is 0. The number of carboxylic acids is 1. The van der Waals surface area contributed by atoms with Crippen molar-refractivity contribution in [1.82, 2.24) is 0 Å². The molecule has 13 heavy (non-hydrogen) atoms. The Kier molecular flexibility index (Phi) is 3.94. The lowest BCUT2D eigenvalue weighted by Crippen LogP contribution is -2.20. The highest BCUT2D eigenvalue weighted by atomic mass is 16.4. The van der Waals surface area contributed by atoms with Crippen molar-refractivity contribution in [3.8, 4) is 5.75 Å². The topological polar surface area (TPSA) is 83.6 Å². The second kappa shape index (κ2) is 4.47. The van der Waals surface area contributed by atoms with Gasteiger partial charge in [-0.05, 0) is 17.7 Å². The summed E-state index contributed by atoms with van der Waals surface area (Å²) in [5, 5.41) is 17.4. The number of carboxylic acid groups (broad SMARTS) is 1. The normalized spacial score (nSPS) is 11.5. The van der Waals surface area contributed by atoms with Crippen molar-refractivity contribution >= 4 is 5.97 Å². The fraction of sp³-hybridized carbons (Fsp3) is 0.222. The van der Waals surface area contributed by atoms with Gasteiger partial charge >= 0.3 is 5.97 Å². The molecule has 4 N–H and O–H groups in total. The molecule has 0 saturated heterocycles. The van der Waals surface area contributed by atoms with E-state index in [9.17, 15) is 4.79 Å². The Labute approximate surface area is 76.6 Å². The van der Waals surface area contributed by atoms with Gasteiger partial charge in [-0.3, -0.25) is 4.79 Å². The van der Waals surface area contributed by atoms with Crippen molar-refractivity contribution in [1.29, 1.82) is 0 Å². The van der Waals surface area contributed by atoms with Crippen molar-refractivity contribution < 1.29 is 15.0 Å². The summed E-state index contributed by atoms with van der Waals surface area (Å²) in [6.07, 6.45) is 0. The van der Waals surface area contributed by atoms with Crippen molar-refractivity contribution in [3.63, 3.8) is 0 Å². The number of phenols is 1. The summed E-state index contributed by atoms with van der Waals surface area (Å²) in [5.74, 6) is -0.989. The zero-order chi connectivity index (χ0) is 9.14. The Hall–Kier alpha value is -1.55. The first kappa shape index (κ1) is 11.4. The van der Waals surface area contributed by atoms with Gasteiger partial charge in [-0.15, -0.1) is 0 Å². The standard InChI is InChI=1S/C8H9NO3.CH4/c9-7(8(11)12)5-1-3-6(10)4-2-5;/h1-4,7,10H,9H2,(H,11,12);1H4/t7-;/m0./s1. The zero-order valence-electron chi connectivity index (χ0n) is 6.27. The third-order valence-electron chi connectivity index (χ3n) is 1.52. The molecule has 0 radical (unpaired) electrons. The number of phenolic OH excluding ortho intramolecular Hbond substituents is 1. The molecular weight excluding hydrogens is 170 g/mol. The summed E-state index contributed by atoms with van der Waals surface area (Å²) < 4.78 is 0. The number of rotatable bonds is 2. The molecule has 0 heterocycles. The van der Waals surface area contributed by atoms with Gasteiger partial charge in [0.25, 0.3) is 0 Å². The van der Waals surface area contributed by atoms with Crippen molar-refractivity contribution in [2.24, 2.45) is 5.73 Å². The molecule has 0 aliphatic rings. The minimum Gasteiger partial charge on any atom is -0.508 e. The average molecular weight is 183 g/mol. The van der Waals surface area contributed by atoms with E-state index in [0.29, 0.717) is 5.56 Å². The van der Waals surface area contributed by atoms with E-state index in [1.54, 1.807) is 0 Å². The Morgan fingerprint density at radius 2 is 1.77 bits per heavy atom. The number of hydrogen-bond acceptors (Lipinski definition) is 3. The van der Waals surface area contributed by atoms with E-state index in [2.05, 4.69) is 0 Å². The molecule has 0 aliphatic carbocycles. The van der Waals surface area contributed by atoms with Crippen molar-refractivity contribution in [2.75, 3.05) is 0 Å². The molecule has 1 aromatic rings. The van der Waals surface area contributed by atoms with E-state index in [1.807, 2.05) is 0 Å². The fourth-order valence-electron chi connectivity index (χ4n) is 0.824. The van der Waals surface area contributed by atoms with Crippen LogP contribution in [-0.2, 0) is 4.79 Å². The SMILES string of the molecule is C.N[C@H](C(=O)O)c1ccc(O)cc1. The Balaban J connectivity index is 0.00000144. The molecule has 72 valence electrons. The largest absolute Gasteiger partial charge is 0.508 e. The minimum atomic E-state index is -1.08. The molecule has 0 aromatic heterocycles. The maximum Gasteiger partial charge on any atom is 0.325 e. The van der Waals surface area contributed by atoms with Gasteiger partial charge in [-0.2, -0.15) is 0 Å². The van der Waals surface area contributed by atoms with Crippen LogP contribution in [0.1, 0.15) is 19.0 Å². The highest BCUT2D eigenvalue weighted by Crippen LogP contribution is 2.14. The lowest BCUT2D eigenvalue weighted by atomic mass is 10.1. The van der Waals surface area contributed by atoms with Crippen LogP contribution in [-0.4, -0.2) is 16.2 Å². The molecule has 4 heteroatoms. The van der Waals surface area contributed by atoms with Gasteiger partial charge in [0.15, 0.2) is 0 Å². The van der Waals surface area contributed by atoms with Crippen molar-refractivity contribution in [2.45, 2.75) is 13.5 Å². The number of aromatic hydroxyl groups is 1. The van der Waals surface area contributed by atoms with Crippen LogP contribution in [0.15, 0.2) is 24.3 Å². The lowest BCUT2D eigenvalue weighted by Gasteiger charge is -2.05. The molecule has 1 aromatic carbocycles. The first-order chi connectivity index (χ1) is 5.61. The van der Waals surface area contributed by atoms with Crippen LogP contribution in [0.3, 0.4) is 0 Å². The molecule has 0 amide bonds. The van der Waals surface area contributed by atoms with Gasteiger partial charge in [0, 0.05) is 0 Å². The number of carbonyl (C=O) groups is 1. The van der Waals surface area contributed by atoms with E-state index >= 15 is 0 Å². The molecule has 1 rings (SSSR count). The van der Waals surface area contributed by atoms with E-state index in [-0.39, 0.29) is 13.2 Å². The Morgan fingerprint density at radius 1 is 1.31 bits per heavy atom. The van der Waals surface area contributed by atoms with Gasteiger partial charge in [0.1, 0.15) is 11.8 Å². The summed E-state index contributed by atoms with van der Waals surface area (Å²) in [6, 6.07) is 4.74. The molecule has 4 nitrogen and oxygen atoms in total. The fourth-order valence-corrected chi connectivity index (χ4v) is 0.824. The third kappa shape index (κ3) is 2.76. The van der Waals surface area contributed by atoms with E-state index in [1.165, 1.54) is 24.3 Å². The summed E-state index contributed by atoms with van der Waals surface area (Å²) in [7, 11) is 0. The highest BCUT2D eigenvalue weighted by molar-refractivity contribution is 5.75. The van der Waals surface area contributed by atoms with Gasteiger partial charge in [-0.1, -0.05) is 19.6 Å². The van der Waals surface area contributed by atoms with Gasteiger partial charge in [-0.25, -0.2) is 0 Å². The molecule has 0 unspecified atom stereocenters. The highest BCUT2D eigenvalue weighted by Gasteiger charge is 2.13. The lowest BCUT2D eigenvalue weighted by molar-refractivity contribution is -0.138. The Bertz CT molecular complexity index is 281. The number of hydrogen-bond donors (Lipinski definition) is 3. The average Bonchev–Trinajstić information content (AvgIpc) is 2.04. The molecule has 0 spiro atoms. The second-order valence-corrected chi connectivity index (χ2v) is 2.41. The maximum atomic E-state index is 10.4. The van der Waals surface area contributed by atoms with Crippen molar-refractivity contribution in [3.05, 3.63) is 29.8 Å². The monoisotopic (exact) mass is 183 g/mol. The molecule has 0 fully saturated rings. The van der Waals surface area contributed by atoms with Crippen LogP contribution in [0.25, 0.3) is 0 Å². The molecule has 0 saturated carbocycles. The predicted octanol–water partition coefficient (Wildman–Crippen LogP) is 1.11. The van der Waals surface area contributed by atoms with Crippen LogP contribution < -0.4 is 5.73 Å². The zero-order valence-corrected chi connectivity index (χ0v) is 6.27. The molecular formula is C9H13NO3. The summed E-state index contributed by atoms with van der Waals surface area (Å²) in [6.45, 7) is 0. The van der Waals surface area contributed by atoms with Gasteiger partial charge < -0.3 is 15.9 Å². The van der Waals surface area contributed by atoms with Gasteiger partial charge in [0.05, 0.1) is 0 Å². The van der Waals surface area contributed by atoms with E-state index in [4.69, 9.17) is 15.9 Å². The first-order valence-electron chi connectivity index (χ1n) is 3.38. The van der Waals surface area contributed by atoms with Crippen LogP contribution >= 0.6 is 0 Å². The third-order valence-corrected chi connectivity index (χ3v) is 1.52. The van der Waals surface area contributed by atoms with Gasteiger partial charge in [0.2, 0.25) is 0 Å². The van der Waals surface area contributed by atoms with E-state index < -0.39 is 12.0 Å². The van der Waals surface area contributed by atoms with E-state index in [0.717, 1.165) is 0 Å². The van der Waals surface area contributed by atoms with Crippen LogP contribution in [0.2, 0.25) is 0 Å². The number of nitrogens with two attached hydrogens (primary N) is 1. The second-order valence-electron chi connectivity index (χ2n) is 2.41. The molecule has 1 atom stereocenters. The smallest absolute Gasteiger partial charge is 0.325 e. The first-order valence-corrected chi connectivity index (χ1v) is 3.38. The minimum absolute atomic E-state index is 0. The number of benzene rings is 1. The number of aliphatic carboxylic acids is 1. The van der Waals surface area contributed by atoms with Crippen LogP contribution in [0.5, 0.6) is 5.75 Å². The molecule has 0 aliphatic heterocycles. The van der Waals surface area contributed by atoms with Crippen LogP contribution in [0, 0.1) is 0 Å². The Morgan fingerprint density at radius 3 is 2.15 bits per heavy atom. The summed E-state index contributed by atoms with van der Waals surface area (Å²) in [5.41, 5.74) is 5.78. The predicted molar refractivity (Wildman–Crippen MR) is 49.4 cm³/mol. The molecule has 0 bridgehead atoms. The maximum absolute atomic E-state index is 10.4. The quantitative estimate of drug-likeness (QED) is 0.641.